The maximum Gasteiger partial charge on any atom is 0.472 e. The molecule has 0 saturated carbocycles. The molecule has 0 aromatic carbocycles. The fraction of sp³-hybridized carbons (Fsp3) is 0.747. The summed E-state index contributed by atoms with van der Waals surface area (Å²) in [6, 6.07) is 0. The topological polar surface area (TPSA) is 237 Å². The van der Waals surface area contributed by atoms with Gasteiger partial charge in [0.15, 0.2) is 12.2 Å². The maximum atomic E-state index is 13.1. The number of hydrogen-bond acceptors (Lipinski definition) is 15. The fourth-order valence-corrected chi connectivity index (χ4v) is 11.7. The van der Waals surface area contributed by atoms with Crippen LogP contribution in [0.15, 0.2) is 97.2 Å². The van der Waals surface area contributed by atoms with E-state index in [9.17, 15) is 43.2 Å². The van der Waals surface area contributed by atoms with Crippen molar-refractivity contribution in [2.24, 2.45) is 0 Å². The summed E-state index contributed by atoms with van der Waals surface area (Å²) >= 11 is 0. The number of ether oxygens (including phenoxy) is 4. The van der Waals surface area contributed by atoms with Gasteiger partial charge in [-0.1, -0.05) is 260 Å². The summed E-state index contributed by atoms with van der Waals surface area (Å²) in [5.74, 6) is -2.26. The fourth-order valence-electron chi connectivity index (χ4n) is 10.1. The summed E-state index contributed by atoms with van der Waals surface area (Å²) < 4.78 is 68.4. The molecule has 0 rings (SSSR count). The highest BCUT2D eigenvalue weighted by atomic mass is 31.2. The first-order chi connectivity index (χ1) is 47.7. The highest BCUT2D eigenvalue weighted by Crippen LogP contribution is 2.45. The lowest BCUT2D eigenvalue weighted by Crippen LogP contribution is -2.30. The summed E-state index contributed by atoms with van der Waals surface area (Å²) in [4.78, 5) is 72.8. The van der Waals surface area contributed by atoms with Crippen molar-refractivity contribution < 1.29 is 80.2 Å². The van der Waals surface area contributed by atoms with Crippen LogP contribution >= 0.6 is 15.6 Å². The van der Waals surface area contributed by atoms with Gasteiger partial charge in [-0.15, -0.1) is 0 Å². The van der Waals surface area contributed by atoms with E-state index in [1.165, 1.54) is 89.9 Å². The molecule has 98 heavy (non-hydrogen) atoms. The van der Waals surface area contributed by atoms with E-state index < -0.39 is 97.5 Å². The number of hydrogen-bond donors (Lipinski definition) is 3. The summed E-state index contributed by atoms with van der Waals surface area (Å²) in [6.07, 6.45) is 74.1. The van der Waals surface area contributed by atoms with Gasteiger partial charge in [-0.2, -0.15) is 0 Å². The smallest absolute Gasteiger partial charge is 0.462 e. The Morgan fingerprint density at radius 3 is 0.898 bits per heavy atom. The minimum absolute atomic E-state index is 0.0716. The van der Waals surface area contributed by atoms with Crippen LogP contribution in [0.2, 0.25) is 0 Å². The average Bonchev–Trinajstić information content (AvgIpc) is 0.986. The van der Waals surface area contributed by atoms with Gasteiger partial charge in [0.25, 0.3) is 0 Å². The first-order valence-electron chi connectivity index (χ1n) is 38.5. The Hall–Kier alpha value is -4.02. The van der Waals surface area contributed by atoms with E-state index in [1.54, 1.807) is 0 Å². The predicted octanol–water partition coefficient (Wildman–Crippen LogP) is 22.0. The molecule has 566 valence electrons. The summed E-state index contributed by atoms with van der Waals surface area (Å²) in [6.45, 7) is 4.64. The number of allylic oxidation sites excluding steroid dienone is 16. The van der Waals surface area contributed by atoms with Gasteiger partial charge < -0.3 is 33.8 Å². The van der Waals surface area contributed by atoms with Gasteiger partial charge in [-0.05, 0) is 135 Å². The molecule has 0 spiro atoms. The predicted molar refractivity (Wildman–Crippen MR) is 399 cm³/mol. The number of carbonyl (C=O) groups is 4. The molecule has 0 aromatic heterocycles. The van der Waals surface area contributed by atoms with Crippen molar-refractivity contribution in [2.45, 2.75) is 341 Å². The zero-order valence-electron chi connectivity index (χ0n) is 61.7. The van der Waals surface area contributed by atoms with Gasteiger partial charge in [-0.25, -0.2) is 9.13 Å². The molecule has 19 heteroatoms. The lowest BCUT2D eigenvalue weighted by atomic mass is 10.1. The van der Waals surface area contributed by atoms with Gasteiger partial charge >= 0.3 is 39.5 Å². The quantitative estimate of drug-likeness (QED) is 0.0169. The second-order valence-electron chi connectivity index (χ2n) is 25.6. The Labute approximate surface area is 595 Å². The van der Waals surface area contributed by atoms with Crippen LogP contribution in [0.4, 0.5) is 0 Å². The normalized spacial score (nSPS) is 14.5. The maximum absolute atomic E-state index is 13.1. The molecule has 17 nitrogen and oxygen atoms in total. The number of carbonyl (C=O) groups excluding carboxylic acids is 4. The number of aliphatic hydroxyl groups excluding tert-OH is 1. The van der Waals surface area contributed by atoms with Crippen molar-refractivity contribution in [2.75, 3.05) is 39.6 Å². The van der Waals surface area contributed by atoms with Crippen LogP contribution in [0.25, 0.3) is 0 Å². The van der Waals surface area contributed by atoms with Crippen molar-refractivity contribution in [3.05, 3.63) is 97.2 Å². The standard InChI is InChI=1S/C79H138O17P2/c1-5-9-13-17-21-25-29-32-35-36-39-41-45-48-52-56-60-64-77(82)89-69-74(95-78(83)65-61-57-53-49-43-28-24-20-16-12-8-4)71-93-97(85,86)91-67-73(80)68-92-98(87,88)94-72-75(96-79(84)66-62-58-54-50-46-42-38-34-31-27-23-19-15-11-7-3)70-90-76(81)63-59-55-51-47-44-40-37-33-30-26-22-18-14-10-6-2/h9,13,20-21,24-25,32-35,37-39,41,48,52,73-75,80H,5-8,10-12,14-19,22-23,26-31,36,40,42-47,49-51,53-72H2,1-4H3,(H,85,86)(H,87,88)/b13-9-,24-20-,25-21-,35-32-,37-33-,38-34-,41-39-,52-48-. The lowest BCUT2D eigenvalue weighted by molar-refractivity contribution is -0.161. The zero-order chi connectivity index (χ0) is 71.8. The van der Waals surface area contributed by atoms with E-state index in [2.05, 4.69) is 113 Å². The molecule has 5 atom stereocenters. The minimum atomic E-state index is -4.99. The van der Waals surface area contributed by atoms with Crippen LogP contribution in [0.3, 0.4) is 0 Å². The molecule has 0 bridgehead atoms. The van der Waals surface area contributed by atoms with Crippen molar-refractivity contribution in [1.29, 1.82) is 0 Å². The van der Waals surface area contributed by atoms with Crippen LogP contribution in [0, 0.1) is 0 Å². The van der Waals surface area contributed by atoms with Gasteiger partial charge in [0.2, 0.25) is 0 Å². The van der Waals surface area contributed by atoms with Crippen LogP contribution in [-0.2, 0) is 65.4 Å². The molecule has 3 N–H and O–H groups in total. The third-order valence-corrected chi connectivity index (χ3v) is 17.9. The Kier molecular flexibility index (Phi) is 68.4. The number of phosphoric acid groups is 2. The Balaban J connectivity index is 5.37. The molecular formula is C79H138O17P2. The van der Waals surface area contributed by atoms with Crippen molar-refractivity contribution in [1.82, 2.24) is 0 Å². The van der Waals surface area contributed by atoms with E-state index in [4.69, 9.17) is 37.0 Å². The molecule has 5 unspecified atom stereocenters. The summed E-state index contributed by atoms with van der Waals surface area (Å²) in [5.41, 5.74) is 0. The van der Waals surface area contributed by atoms with Gasteiger partial charge in [0.1, 0.15) is 19.3 Å². The van der Waals surface area contributed by atoms with E-state index in [0.29, 0.717) is 32.1 Å². The zero-order valence-corrected chi connectivity index (χ0v) is 63.5. The molecule has 0 saturated heterocycles. The summed E-state index contributed by atoms with van der Waals surface area (Å²) in [5, 5.41) is 10.6. The summed E-state index contributed by atoms with van der Waals surface area (Å²) in [7, 11) is -9.96. The monoisotopic (exact) mass is 1420 g/mol. The SMILES string of the molecule is CC/C=C\C/C=C\C/C=C\C/C=C\C/C=C\CCCC(=O)OCC(COP(=O)(O)OCC(O)COP(=O)(O)OCC(COC(=O)CCCCCCC/C=C\CCCCCCCC)OC(=O)CCCCCCC/C=C\CCCCCCCC)OC(=O)CCCCCCC/C=C\CCCC. The Morgan fingerprint density at radius 1 is 0.296 bits per heavy atom. The molecule has 0 amide bonds. The average molecular weight is 1420 g/mol. The highest BCUT2D eigenvalue weighted by molar-refractivity contribution is 7.47. The second kappa shape index (κ2) is 71.4. The highest BCUT2D eigenvalue weighted by Gasteiger charge is 2.30. The molecule has 0 radical (unpaired) electrons. The van der Waals surface area contributed by atoms with Crippen LogP contribution in [0.5, 0.6) is 0 Å². The van der Waals surface area contributed by atoms with Gasteiger partial charge in [-0.3, -0.25) is 37.3 Å². The van der Waals surface area contributed by atoms with Gasteiger partial charge in [0.05, 0.1) is 26.4 Å². The Bertz CT molecular complexity index is 2240. The third-order valence-electron chi connectivity index (χ3n) is 16.0. The molecule has 0 aromatic rings. The van der Waals surface area contributed by atoms with Crippen LogP contribution in [0.1, 0.15) is 323 Å². The first kappa shape index (κ1) is 94.0. The van der Waals surface area contributed by atoms with E-state index in [0.717, 1.165) is 148 Å². The van der Waals surface area contributed by atoms with E-state index >= 15 is 0 Å². The number of rotatable bonds is 72. The van der Waals surface area contributed by atoms with Gasteiger partial charge in [0, 0.05) is 25.7 Å². The van der Waals surface area contributed by atoms with Crippen LogP contribution < -0.4 is 0 Å². The Morgan fingerprint density at radius 2 is 0.551 bits per heavy atom. The number of esters is 4. The van der Waals surface area contributed by atoms with E-state index in [-0.39, 0.29) is 25.7 Å². The largest absolute Gasteiger partial charge is 0.472 e. The third kappa shape index (κ3) is 70.4. The molecule has 0 aliphatic rings. The molecule has 0 aliphatic heterocycles. The lowest BCUT2D eigenvalue weighted by Gasteiger charge is -2.21. The van der Waals surface area contributed by atoms with Crippen molar-refractivity contribution in [3.63, 3.8) is 0 Å². The molecule has 0 fully saturated rings. The molecular weight excluding hydrogens is 1280 g/mol. The van der Waals surface area contributed by atoms with Crippen LogP contribution in [-0.4, -0.2) is 96.7 Å². The van der Waals surface area contributed by atoms with E-state index in [1.807, 2.05) is 12.2 Å². The van der Waals surface area contributed by atoms with Crippen molar-refractivity contribution >= 4 is 39.5 Å². The number of unbranched alkanes of at least 4 members (excludes halogenated alkanes) is 30. The number of phosphoric ester groups is 2. The molecule has 0 heterocycles. The first-order valence-corrected chi connectivity index (χ1v) is 41.5. The van der Waals surface area contributed by atoms with Crippen molar-refractivity contribution in [3.8, 4) is 0 Å². The minimum Gasteiger partial charge on any atom is -0.462 e. The molecule has 0 aliphatic carbocycles. The number of aliphatic hydroxyl groups is 1. The second-order valence-corrected chi connectivity index (χ2v) is 28.5.